The molecule has 2 aromatic rings. The highest BCUT2D eigenvalue weighted by atomic mass is 32.2. The van der Waals surface area contributed by atoms with E-state index in [0.717, 1.165) is 12.4 Å². The Bertz CT molecular complexity index is 1100. The van der Waals surface area contributed by atoms with E-state index in [2.05, 4.69) is 30.6 Å². The highest BCUT2D eigenvalue weighted by Gasteiger charge is 2.55. The predicted octanol–water partition coefficient (Wildman–Crippen LogP) is 0.185. The number of aromatic nitrogens is 4. The van der Waals surface area contributed by atoms with E-state index >= 15 is 0 Å². The van der Waals surface area contributed by atoms with Gasteiger partial charge >= 0.3 is 6.18 Å². The van der Waals surface area contributed by atoms with Crippen LogP contribution in [0.4, 0.5) is 13.2 Å². The summed E-state index contributed by atoms with van der Waals surface area (Å²) in [7, 11) is -2.37. The Labute approximate surface area is 163 Å². The number of carbonyl (C=O) groups is 1. The van der Waals surface area contributed by atoms with Gasteiger partial charge in [0.2, 0.25) is 22.0 Å². The summed E-state index contributed by atoms with van der Waals surface area (Å²) in [5.41, 5.74) is 0.991. The molecular weight excluding hydrogens is 413 g/mol. The Morgan fingerprint density at radius 3 is 2.55 bits per heavy atom. The van der Waals surface area contributed by atoms with Gasteiger partial charge in [-0.1, -0.05) is 0 Å². The van der Waals surface area contributed by atoms with Crippen molar-refractivity contribution in [1.29, 1.82) is 0 Å². The average Bonchev–Trinajstić information content (AvgIpc) is 3.38. The molecule has 2 aromatic heterocycles. The number of piperidine rings is 1. The van der Waals surface area contributed by atoms with Crippen molar-refractivity contribution in [2.75, 3.05) is 0 Å². The molecule has 1 aliphatic carbocycles. The first-order valence-electron chi connectivity index (χ1n) is 8.45. The lowest BCUT2D eigenvalue weighted by Gasteiger charge is -2.13. The molecule has 2 fully saturated rings. The zero-order valence-electron chi connectivity index (χ0n) is 14.5. The number of alkyl halides is 3. The summed E-state index contributed by atoms with van der Waals surface area (Å²) in [5, 5.41) is 5.41. The number of hydrogen-bond donors (Lipinski definition) is 2. The molecule has 1 saturated carbocycles. The maximum absolute atomic E-state index is 12.6. The number of rotatable bonds is 4. The molecule has 3 atom stereocenters. The van der Waals surface area contributed by atoms with E-state index in [-0.39, 0.29) is 34.8 Å². The van der Waals surface area contributed by atoms with Crippen molar-refractivity contribution in [2.45, 2.75) is 25.2 Å². The second-order valence-corrected chi connectivity index (χ2v) is 7.54. The first kappa shape index (κ1) is 19.4. The van der Waals surface area contributed by atoms with Gasteiger partial charge in [-0.05, 0) is 18.4 Å². The molecule has 9 nitrogen and oxygen atoms in total. The summed E-state index contributed by atoms with van der Waals surface area (Å²) >= 11 is 0. The molecule has 4 rings (SSSR count). The van der Waals surface area contributed by atoms with Crippen LogP contribution in [0.15, 0.2) is 24.8 Å². The van der Waals surface area contributed by atoms with E-state index in [9.17, 15) is 26.4 Å². The second-order valence-electron chi connectivity index (χ2n) is 6.63. The number of nitrogens with zero attached hydrogens (tertiary/aromatic N) is 4. The average molecular weight is 426 g/mol. The third-order valence-electron chi connectivity index (χ3n) is 4.73. The third-order valence-corrected chi connectivity index (χ3v) is 5.51. The van der Waals surface area contributed by atoms with E-state index in [4.69, 9.17) is 0 Å². The van der Waals surface area contributed by atoms with E-state index in [1.165, 1.54) is 12.4 Å². The summed E-state index contributed by atoms with van der Waals surface area (Å²) in [6, 6.07) is 0.885. The van der Waals surface area contributed by atoms with Gasteiger partial charge in [-0.15, -0.1) is 0 Å². The molecule has 29 heavy (non-hydrogen) atoms. The highest BCUT2D eigenvalue weighted by Crippen LogP contribution is 2.46. The van der Waals surface area contributed by atoms with Gasteiger partial charge in [0.1, 0.15) is 11.3 Å². The standard InChI is InChI=1S/C16H13F3N6O3S/c17-16(18,19)15-21-3-7(4-22-15)11-1-8(23-6-24-11)5-20-13(26)12-9-2-10(9)14(25-12)29(27)28/h1,3-4,6,9-10,12,25H,2,5H2,(H,20,26). The summed E-state index contributed by atoms with van der Waals surface area (Å²) < 4.78 is 59.9. The maximum atomic E-state index is 12.6. The van der Waals surface area contributed by atoms with E-state index in [1.54, 1.807) is 0 Å². The van der Waals surface area contributed by atoms with Crippen molar-refractivity contribution in [1.82, 2.24) is 30.6 Å². The monoisotopic (exact) mass is 426 g/mol. The van der Waals surface area contributed by atoms with Gasteiger partial charge < -0.3 is 5.32 Å². The molecule has 0 aromatic carbocycles. The molecule has 2 N–H and O–H groups in total. The molecule has 3 heterocycles. The molecule has 1 aliphatic heterocycles. The number of hydrogen-bond acceptors (Lipinski definition) is 7. The number of nitrogens with one attached hydrogen (secondary N) is 2. The fourth-order valence-electron chi connectivity index (χ4n) is 3.23. The van der Waals surface area contributed by atoms with Gasteiger partial charge in [0.05, 0.1) is 24.0 Å². The Morgan fingerprint density at radius 1 is 1.21 bits per heavy atom. The van der Waals surface area contributed by atoms with Crippen molar-refractivity contribution in [3.05, 3.63) is 36.3 Å². The van der Waals surface area contributed by atoms with Crippen LogP contribution in [0.3, 0.4) is 0 Å². The molecule has 1 amide bonds. The Morgan fingerprint density at radius 2 is 1.93 bits per heavy atom. The molecule has 3 unspecified atom stereocenters. The predicted molar refractivity (Wildman–Crippen MR) is 92.4 cm³/mol. The Kier molecular flexibility index (Phi) is 4.78. The third kappa shape index (κ3) is 3.96. The molecule has 152 valence electrons. The summed E-state index contributed by atoms with van der Waals surface area (Å²) in [6.07, 6.45) is -0.747. The van der Waals surface area contributed by atoms with Crippen LogP contribution in [0.1, 0.15) is 17.9 Å². The largest absolute Gasteiger partial charge is 0.451 e. The fourth-order valence-corrected chi connectivity index (χ4v) is 3.97. The smallest absolute Gasteiger partial charge is 0.349 e. The highest BCUT2D eigenvalue weighted by molar-refractivity contribution is 7.73. The van der Waals surface area contributed by atoms with Crippen LogP contribution < -0.4 is 10.6 Å². The van der Waals surface area contributed by atoms with Gasteiger partial charge in [0, 0.05) is 23.9 Å². The fraction of sp³-hybridized carbons (Fsp3) is 0.375. The van der Waals surface area contributed by atoms with Crippen molar-refractivity contribution in [3.8, 4) is 11.3 Å². The minimum atomic E-state index is -4.63. The lowest BCUT2D eigenvalue weighted by molar-refractivity contribution is -0.145. The molecule has 13 heteroatoms. The zero-order chi connectivity index (χ0) is 20.8. The van der Waals surface area contributed by atoms with Crippen LogP contribution in [0, 0.1) is 11.8 Å². The van der Waals surface area contributed by atoms with Crippen molar-refractivity contribution < 1.29 is 26.4 Å². The van der Waals surface area contributed by atoms with Crippen molar-refractivity contribution >= 4 is 21.2 Å². The van der Waals surface area contributed by atoms with Crippen LogP contribution in [-0.4, -0.2) is 45.3 Å². The first-order chi connectivity index (χ1) is 13.7. The van der Waals surface area contributed by atoms with Gasteiger partial charge in [-0.3, -0.25) is 10.1 Å². The van der Waals surface area contributed by atoms with E-state index in [1.807, 2.05) is 0 Å². The number of halogens is 3. The number of carbonyl (C=O) groups excluding carboxylic acids is 1. The SMILES string of the molecule is O=C(NCc1cc(-c2cnc(C(F)(F)F)nc2)ncn1)C1NC(=S(=O)=O)C2CC21. The minimum absolute atomic E-state index is 0.0341. The number of fused-ring (bicyclic) bond motifs is 1. The quantitative estimate of drug-likeness (QED) is 0.664. The lowest BCUT2D eigenvalue weighted by Crippen LogP contribution is -2.44. The minimum Gasteiger partial charge on any atom is -0.349 e. The normalized spacial score (nSPS) is 22.9. The van der Waals surface area contributed by atoms with E-state index in [0.29, 0.717) is 17.8 Å². The van der Waals surface area contributed by atoms with Crippen molar-refractivity contribution in [3.63, 3.8) is 0 Å². The first-order valence-corrected chi connectivity index (χ1v) is 9.52. The van der Waals surface area contributed by atoms with Crippen LogP contribution in [-0.2, 0) is 27.8 Å². The molecule has 1 saturated heterocycles. The Balaban J connectivity index is 1.42. The summed E-state index contributed by atoms with van der Waals surface area (Å²) in [6.45, 7) is 0.0429. The van der Waals surface area contributed by atoms with Crippen LogP contribution >= 0.6 is 0 Å². The van der Waals surface area contributed by atoms with Crippen LogP contribution in [0.2, 0.25) is 0 Å². The van der Waals surface area contributed by atoms with Crippen molar-refractivity contribution in [2.24, 2.45) is 11.8 Å². The van der Waals surface area contributed by atoms with Gasteiger partial charge in [0.15, 0.2) is 0 Å². The van der Waals surface area contributed by atoms with Crippen LogP contribution in [0.5, 0.6) is 0 Å². The molecule has 0 bridgehead atoms. The Hall–Kier alpha value is -2.93. The van der Waals surface area contributed by atoms with Gasteiger partial charge in [0.25, 0.3) is 0 Å². The van der Waals surface area contributed by atoms with E-state index < -0.39 is 28.3 Å². The van der Waals surface area contributed by atoms with Crippen LogP contribution in [0.25, 0.3) is 11.3 Å². The zero-order valence-corrected chi connectivity index (χ0v) is 15.3. The molecule has 2 aliphatic rings. The summed E-state index contributed by atoms with van der Waals surface area (Å²) in [5.74, 6) is -1.75. The molecule has 0 spiro atoms. The summed E-state index contributed by atoms with van der Waals surface area (Å²) in [4.78, 5) is 27.1. The maximum Gasteiger partial charge on any atom is 0.451 e. The number of amides is 1. The lowest BCUT2D eigenvalue weighted by atomic mass is 10.2. The molecule has 0 radical (unpaired) electrons. The topological polar surface area (TPSA) is 127 Å². The molecular formula is C16H13F3N6O3S. The van der Waals surface area contributed by atoms with Gasteiger partial charge in [-0.2, -0.15) is 21.6 Å². The second kappa shape index (κ2) is 7.15. The van der Waals surface area contributed by atoms with Gasteiger partial charge in [-0.25, -0.2) is 19.9 Å².